The van der Waals surface area contributed by atoms with Crippen molar-refractivity contribution in [1.82, 2.24) is 4.90 Å². The Labute approximate surface area is 235 Å². The van der Waals surface area contributed by atoms with E-state index < -0.39 is 38.0 Å². The normalized spacial score (nSPS) is 25.3. The predicted molar refractivity (Wildman–Crippen MR) is 152 cm³/mol. The number of carbonyl (C=O) groups is 2. The summed E-state index contributed by atoms with van der Waals surface area (Å²) in [6, 6.07) is 13.8. The van der Waals surface area contributed by atoms with Crippen LogP contribution >= 0.6 is 23.2 Å². The van der Waals surface area contributed by atoms with Gasteiger partial charge >= 0.3 is 0 Å². The van der Waals surface area contributed by atoms with Crippen LogP contribution in [0.1, 0.15) is 76.5 Å². The lowest BCUT2D eigenvalue weighted by Crippen LogP contribution is -2.59. The number of nitrogens with two attached hydrogens (primary N) is 1. The lowest BCUT2D eigenvalue weighted by atomic mass is 9.67. The molecule has 1 saturated carbocycles. The quantitative estimate of drug-likeness (QED) is 0.420. The van der Waals surface area contributed by atoms with Gasteiger partial charge in [-0.25, -0.2) is 8.42 Å². The molecule has 1 heterocycles. The average Bonchev–Trinajstić information content (AvgIpc) is 3.64. The summed E-state index contributed by atoms with van der Waals surface area (Å²) in [6.07, 6.45) is 1.92. The van der Waals surface area contributed by atoms with Crippen molar-refractivity contribution in [2.75, 3.05) is 5.75 Å². The molecule has 1 aliphatic heterocycles. The highest BCUT2D eigenvalue weighted by molar-refractivity contribution is 7.92. The number of amides is 2. The van der Waals surface area contributed by atoms with Crippen molar-refractivity contribution < 1.29 is 18.0 Å². The lowest BCUT2D eigenvalue weighted by Gasteiger charge is -2.52. The first-order valence-corrected chi connectivity index (χ1v) is 15.4. The third-order valence-electron chi connectivity index (χ3n) is 8.00. The molecule has 1 saturated heterocycles. The Morgan fingerprint density at radius 1 is 1.08 bits per heavy atom. The number of hydrogen-bond acceptors (Lipinski definition) is 4. The molecule has 0 bridgehead atoms. The molecule has 2 fully saturated rings. The van der Waals surface area contributed by atoms with Crippen LogP contribution in [0.15, 0.2) is 48.5 Å². The van der Waals surface area contributed by atoms with Crippen molar-refractivity contribution in [2.45, 2.75) is 76.1 Å². The minimum absolute atomic E-state index is 0.0572. The molecule has 38 heavy (non-hydrogen) atoms. The first-order chi connectivity index (χ1) is 17.6. The number of likely N-dealkylation sites (tertiary alicyclic amines) is 1. The molecular weight excluding hydrogens is 543 g/mol. The molecule has 0 radical (unpaired) electrons. The van der Waals surface area contributed by atoms with Gasteiger partial charge in [-0.05, 0) is 81.3 Å². The molecular formula is C29H36Cl2N2O4S. The van der Waals surface area contributed by atoms with E-state index in [9.17, 15) is 18.0 Å². The second-order valence-electron chi connectivity index (χ2n) is 12.1. The summed E-state index contributed by atoms with van der Waals surface area (Å²) in [5.41, 5.74) is 6.33. The molecule has 4 atom stereocenters. The fourth-order valence-electron chi connectivity index (χ4n) is 5.69. The van der Waals surface area contributed by atoms with Gasteiger partial charge in [0.25, 0.3) is 0 Å². The number of halogens is 2. The van der Waals surface area contributed by atoms with Crippen LogP contribution in [0.5, 0.6) is 0 Å². The predicted octanol–water partition coefficient (Wildman–Crippen LogP) is 5.92. The number of carbonyl (C=O) groups excluding carboxylic acids is 2. The Balaban J connectivity index is 1.94. The van der Waals surface area contributed by atoms with Crippen LogP contribution in [0, 0.1) is 11.3 Å². The molecule has 206 valence electrons. The molecule has 2 aliphatic rings. The van der Waals surface area contributed by atoms with Crippen LogP contribution in [0.25, 0.3) is 0 Å². The topological polar surface area (TPSA) is 97.5 Å². The number of sulfone groups is 1. The van der Waals surface area contributed by atoms with Crippen molar-refractivity contribution in [3.63, 3.8) is 0 Å². The fraction of sp³-hybridized carbons (Fsp3) is 0.517. The molecule has 2 aromatic rings. The van der Waals surface area contributed by atoms with Gasteiger partial charge in [-0.15, -0.1) is 0 Å². The summed E-state index contributed by atoms with van der Waals surface area (Å²) in [6.45, 7) is 6.83. The summed E-state index contributed by atoms with van der Waals surface area (Å²) in [5, 5.41) is 1.13. The zero-order valence-corrected chi connectivity index (χ0v) is 24.6. The van der Waals surface area contributed by atoms with Crippen LogP contribution in [0.2, 0.25) is 10.0 Å². The van der Waals surface area contributed by atoms with Crippen LogP contribution in [0.3, 0.4) is 0 Å². The Morgan fingerprint density at radius 2 is 1.71 bits per heavy atom. The van der Waals surface area contributed by atoms with Gasteiger partial charge in [0.2, 0.25) is 11.8 Å². The summed E-state index contributed by atoms with van der Waals surface area (Å²) in [5.74, 6) is -1.15. The van der Waals surface area contributed by atoms with Gasteiger partial charge in [0.05, 0.1) is 22.0 Å². The molecule has 4 rings (SSSR count). The molecule has 0 unspecified atom stereocenters. The molecule has 9 heteroatoms. The Bertz CT molecular complexity index is 1320. The highest BCUT2D eigenvalue weighted by Crippen LogP contribution is 2.54. The van der Waals surface area contributed by atoms with Crippen molar-refractivity contribution >= 4 is 44.9 Å². The van der Waals surface area contributed by atoms with Gasteiger partial charge < -0.3 is 10.6 Å². The number of rotatable bonds is 8. The molecule has 2 N–H and O–H groups in total. The molecule has 2 aromatic carbocycles. The second-order valence-corrected chi connectivity index (χ2v) is 15.7. The third-order valence-corrected chi connectivity index (χ3v) is 11.1. The Kier molecular flexibility index (Phi) is 7.97. The second kappa shape index (κ2) is 10.5. The van der Waals surface area contributed by atoms with E-state index in [0.717, 1.165) is 24.0 Å². The SMILES string of the molecule is CC(C)(C)S(=O)(=O)C[C@H](C1CC1)N1C(=O)[C@](C)(CC(N)=O)C[C@H](c2cccc(Cl)c2)[C@H]1c1ccc(Cl)cc1. The van der Waals surface area contributed by atoms with Crippen molar-refractivity contribution in [3.05, 3.63) is 69.7 Å². The van der Waals surface area contributed by atoms with Gasteiger partial charge in [0.15, 0.2) is 9.84 Å². The van der Waals surface area contributed by atoms with E-state index in [2.05, 4.69) is 0 Å². The van der Waals surface area contributed by atoms with E-state index in [4.69, 9.17) is 28.9 Å². The summed E-state index contributed by atoms with van der Waals surface area (Å²) >= 11 is 12.6. The summed E-state index contributed by atoms with van der Waals surface area (Å²) in [4.78, 5) is 28.4. The minimum atomic E-state index is -3.56. The smallest absolute Gasteiger partial charge is 0.229 e. The summed E-state index contributed by atoms with van der Waals surface area (Å²) < 4.78 is 26.1. The lowest BCUT2D eigenvalue weighted by molar-refractivity contribution is -0.157. The highest BCUT2D eigenvalue weighted by Gasteiger charge is 2.55. The average molecular weight is 580 g/mol. The van der Waals surface area contributed by atoms with Gasteiger partial charge in [0, 0.05) is 28.4 Å². The maximum absolute atomic E-state index is 14.5. The van der Waals surface area contributed by atoms with E-state index in [1.807, 2.05) is 30.3 Å². The van der Waals surface area contributed by atoms with Gasteiger partial charge in [-0.3, -0.25) is 9.59 Å². The molecule has 6 nitrogen and oxygen atoms in total. The third kappa shape index (κ3) is 5.90. The van der Waals surface area contributed by atoms with Gasteiger partial charge in [-0.2, -0.15) is 0 Å². The Morgan fingerprint density at radius 3 is 2.24 bits per heavy atom. The monoisotopic (exact) mass is 578 g/mol. The molecule has 2 amide bonds. The van der Waals surface area contributed by atoms with E-state index in [1.54, 1.807) is 50.8 Å². The van der Waals surface area contributed by atoms with Crippen molar-refractivity contribution in [3.8, 4) is 0 Å². The number of hydrogen-bond donors (Lipinski definition) is 1. The van der Waals surface area contributed by atoms with E-state index in [0.29, 0.717) is 16.5 Å². The van der Waals surface area contributed by atoms with E-state index >= 15 is 0 Å². The van der Waals surface area contributed by atoms with Crippen molar-refractivity contribution in [2.24, 2.45) is 17.1 Å². The number of piperidine rings is 1. The van der Waals surface area contributed by atoms with Crippen LogP contribution in [-0.2, 0) is 19.4 Å². The first-order valence-electron chi connectivity index (χ1n) is 13.0. The maximum Gasteiger partial charge on any atom is 0.229 e. The molecule has 0 aromatic heterocycles. The minimum Gasteiger partial charge on any atom is -0.370 e. The number of benzene rings is 2. The standard InChI is InChI=1S/C29H36Cl2N2O4S/c1-28(2,3)38(36,37)17-24(18-8-9-18)33-26(19-10-12-21(30)13-11-19)23(20-6-5-7-22(31)14-20)15-29(4,27(33)35)16-25(32)34/h5-7,10-14,18,23-24,26H,8-9,15-17H2,1-4H3,(H2,32,34)/t23-,24-,26-,29+/m1/s1. The highest BCUT2D eigenvalue weighted by atomic mass is 35.5. The largest absolute Gasteiger partial charge is 0.370 e. The van der Waals surface area contributed by atoms with Crippen molar-refractivity contribution in [1.29, 1.82) is 0 Å². The summed E-state index contributed by atoms with van der Waals surface area (Å²) in [7, 11) is -3.56. The van der Waals surface area contributed by atoms with Gasteiger partial charge in [-0.1, -0.05) is 54.4 Å². The van der Waals surface area contributed by atoms with E-state index in [-0.39, 0.29) is 29.9 Å². The molecule has 0 spiro atoms. The van der Waals surface area contributed by atoms with Crippen LogP contribution in [0.4, 0.5) is 0 Å². The maximum atomic E-state index is 14.5. The number of primary amides is 1. The Hall–Kier alpha value is -2.09. The zero-order valence-electron chi connectivity index (χ0n) is 22.3. The van der Waals surface area contributed by atoms with Gasteiger partial charge in [0.1, 0.15) is 0 Å². The van der Waals surface area contributed by atoms with E-state index in [1.165, 1.54) is 0 Å². The first kappa shape index (κ1) is 28.9. The number of nitrogens with zero attached hydrogens (tertiary/aromatic N) is 1. The molecule has 1 aliphatic carbocycles. The zero-order chi connectivity index (χ0) is 28.0. The fourth-order valence-corrected chi connectivity index (χ4v) is 7.40. The van der Waals surface area contributed by atoms with Crippen LogP contribution < -0.4 is 5.73 Å². The van der Waals surface area contributed by atoms with Crippen LogP contribution in [-0.4, -0.2) is 41.7 Å².